The first-order valence-electron chi connectivity index (χ1n) is 17.8. The van der Waals surface area contributed by atoms with Crippen LogP contribution in [0.3, 0.4) is 0 Å². The van der Waals surface area contributed by atoms with Crippen molar-refractivity contribution in [2.75, 3.05) is 0 Å². The standard InChI is InChI=1S/C47H25N3O2S/c1-4-11-35-32(10-1)43-36(49(35)26-15-21-41-33(24-26)28-8-2-5-13-39(28)51-41)19-17-30-31-18-20-37-44(47(31)53-46(30)43)45-38(12-7-23-48-45)50(37)27-16-22-42-34(25-27)29-9-3-6-14-40(29)52-42/h1-25H. The van der Waals surface area contributed by atoms with Gasteiger partial charge in [0.15, 0.2) is 0 Å². The monoisotopic (exact) mass is 695 g/mol. The highest BCUT2D eigenvalue weighted by Crippen LogP contribution is 2.47. The van der Waals surface area contributed by atoms with Crippen LogP contribution in [0.4, 0.5) is 0 Å². The van der Waals surface area contributed by atoms with Gasteiger partial charge in [-0.05, 0) is 78.9 Å². The number of aromatic nitrogens is 3. The molecule has 0 aliphatic rings. The molecule has 0 radical (unpaired) electrons. The van der Waals surface area contributed by atoms with Crippen LogP contribution in [0, 0.1) is 0 Å². The molecule has 0 aliphatic heterocycles. The van der Waals surface area contributed by atoms with Crippen molar-refractivity contribution in [3.8, 4) is 11.4 Å². The van der Waals surface area contributed by atoms with E-state index in [2.05, 4.69) is 124 Å². The Morgan fingerprint density at radius 1 is 0.396 bits per heavy atom. The van der Waals surface area contributed by atoms with Gasteiger partial charge in [0.1, 0.15) is 22.3 Å². The van der Waals surface area contributed by atoms with Crippen LogP contribution in [-0.2, 0) is 0 Å². The quantitative estimate of drug-likeness (QED) is 0.181. The number of fused-ring (bicyclic) bond motifs is 17. The second-order valence-electron chi connectivity index (χ2n) is 13.9. The molecule has 13 rings (SSSR count). The van der Waals surface area contributed by atoms with Crippen LogP contribution in [0.5, 0.6) is 0 Å². The van der Waals surface area contributed by atoms with Crippen LogP contribution in [0.2, 0.25) is 0 Å². The zero-order chi connectivity index (χ0) is 34.4. The highest BCUT2D eigenvalue weighted by molar-refractivity contribution is 7.27. The van der Waals surface area contributed by atoms with Crippen LogP contribution < -0.4 is 0 Å². The number of furan rings is 2. The third kappa shape index (κ3) is 3.58. The van der Waals surface area contributed by atoms with Gasteiger partial charge in [0.25, 0.3) is 0 Å². The summed E-state index contributed by atoms with van der Waals surface area (Å²) in [5, 5.41) is 10.7. The first-order chi connectivity index (χ1) is 26.3. The smallest absolute Gasteiger partial charge is 0.135 e. The Labute approximate surface area is 304 Å². The fraction of sp³-hybridized carbons (Fsp3) is 0. The van der Waals surface area contributed by atoms with Crippen molar-refractivity contribution in [2.45, 2.75) is 0 Å². The SMILES string of the molecule is c1ccc2c(c1)oc1ccc(-n3c4ccccc4c4c5sc6c(ccc7c6c6ncccc6n7-c6ccc7oc8ccccc8c7c6)c5ccc43)cc12. The number of pyridine rings is 1. The van der Waals surface area contributed by atoms with E-state index in [1.165, 1.54) is 47.4 Å². The summed E-state index contributed by atoms with van der Waals surface area (Å²) < 4.78 is 19.7. The normalized spacial score (nSPS) is 12.5. The third-order valence-corrected chi connectivity index (χ3v) is 12.4. The molecule has 6 heterocycles. The third-order valence-electron chi connectivity index (χ3n) is 11.2. The lowest BCUT2D eigenvalue weighted by molar-refractivity contribution is 0.668. The molecule has 0 spiro atoms. The maximum absolute atomic E-state index is 6.20. The van der Waals surface area contributed by atoms with Gasteiger partial charge in [-0.15, -0.1) is 11.3 Å². The average Bonchev–Trinajstić information content (AvgIpc) is 4.01. The number of rotatable bonds is 2. The minimum Gasteiger partial charge on any atom is -0.456 e. The highest BCUT2D eigenvalue weighted by atomic mass is 32.1. The number of hydrogen-bond acceptors (Lipinski definition) is 4. The van der Waals surface area contributed by atoms with E-state index < -0.39 is 0 Å². The van der Waals surface area contributed by atoms with Gasteiger partial charge < -0.3 is 18.0 Å². The molecule has 0 unspecified atom stereocenters. The first kappa shape index (κ1) is 27.8. The molecule has 0 bridgehead atoms. The molecule has 6 heteroatoms. The van der Waals surface area contributed by atoms with Crippen molar-refractivity contribution < 1.29 is 8.83 Å². The minimum atomic E-state index is 0.891. The molecule has 0 saturated heterocycles. The molecule has 246 valence electrons. The number of nitrogens with zero attached hydrogens (tertiary/aromatic N) is 3. The van der Waals surface area contributed by atoms with E-state index in [0.29, 0.717) is 0 Å². The van der Waals surface area contributed by atoms with E-state index >= 15 is 0 Å². The van der Waals surface area contributed by atoms with Crippen molar-refractivity contribution in [2.24, 2.45) is 0 Å². The molecule has 6 aromatic heterocycles. The highest BCUT2D eigenvalue weighted by Gasteiger charge is 2.22. The van der Waals surface area contributed by atoms with Crippen molar-refractivity contribution in [3.63, 3.8) is 0 Å². The van der Waals surface area contributed by atoms with Crippen molar-refractivity contribution in [1.82, 2.24) is 14.1 Å². The van der Waals surface area contributed by atoms with Crippen LogP contribution in [0.25, 0.3) is 119 Å². The van der Waals surface area contributed by atoms with Crippen LogP contribution in [-0.4, -0.2) is 14.1 Å². The molecule has 53 heavy (non-hydrogen) atoms. The van der Waals surface area contributed by atoms with Crippen molar-refractivity contribution >= 4 is 119 Å². The lowest BCUT2D eigenvalue weighted by Gasteiger charge is -2.08. The Bertz CT molecular complexity index is 3460. The van der Waals surface area contributed by atoms with Gasteiger partial charge >= 0.3 is 0 Å². The van der Waals surface area contributed by atoms with Gasteiger partial charge in [0.05, 0.1) is 27.6 Å². The molecule has 7 aromatic carbocycles. The molecule has 0 amide bonds. The van der Waals surface area contributed by atoms with Gasteiger partial charge in [0.2, 0.25) is 0 Å². The van der Waals surface area contributed by atoms with Gasteiger partial charge in [-0.1, -0.05) is 66.7 Å². The minimum absolute atomic E-state index is 0.891. The maximum atomic E-state index is 6.20. The zero-order valence-corrected chi connectivity index (χ0v) is 28.8. The molecular weight excluding hydrogens is 671 g/mol. The largest absolute Gasteiger partial charge is 0.456 e. The Kier molecular flexibility index (Phi) is 5.20. The number of benzene rings is 7. The summed E-state index contributed by atoms with van der Waals surface area (Å²) in [5.41, 5.74) is 11.4. The molecule has 0 atom stereocenters. The summed E-state index contributed by atoms with van der Waals surface area (Å²) in [5.74, 6) is 0. The van der Waals surface area contributed by atoms with Gasteiger partial charge in [-0.3, -0.25) is 4.98 Å². The fourth-order valence-corrected chi connectivity index (χ4v) is 10.3. The summed E-state index contributed by atoms with van der Waals surface area (Å²) in [6.07, 6.45) is 1.91. The molecule has 0 saturated carbocycles. The number of thiophene rings is 1. The molecule has 0 fully saturated rings. The van der Waals surface area contributed by atoms with E-state index in [4.69, 9.17) is 13.8 Å². The lowest BCUT2D eigenvalue weighted by atomic mass is 10.1. The van der Waals surface area contributed by atoms with E-state index in [9.17, 15) is 0 Å². The summed E-state index contributed by atoms with van der Waals surface area (Å²) in [6, 6.07) is 51.8. The predicted octanol–water partition coefficient (Wildman–Crippen LogP) is 13.4. The fourth-order valence-electron chi connectivity index (χ4n) is 8.92. The molecule has 13 aromatic rings. The second kappa shape index (κ2) is 9.91. The maximum Gasteiger partial charge on any atom is 0.135 e. The second-order valence-corrected chi connectivity index (χ2v) is 14.9. The lowest BCUT2D eigenvalue weighted by Crippen LogP contribution is -1.93. The Morgan fingerprint density at radius 3 is 1.60 bits per heavy atom. The Balaban J connectivity index is 1.10. The molecular formula is C47H25N3O2S. The van der Waals surface area contributed by atoms with Crippen LogP contribution in [0.1, 0.15) is 0 Å². The first-order valence-corrected chi connectivity index (χ1v) is 18.6. The van der Waals surface area contributed by atoms with Crippen LogP contribution >= 0.6 is 11.3 Å². The summed E-state index contributed by atoms with van der Waals surface area (Å²) >= 11 is 1.88. The number of hydrogen-bond donors (Lipinski definition) is 0. The van der Waals surface area contributed by atoms with Crippen molar-refractivity contribution in [3.05, 3.63) is 152 Å². The number of para-hydroxylation sites is 3. The molecule has 0 aliphatic carbocycles. The topological polar surface area (TPSA) is 49.0 Å². The Hall–Kier alpha value is -6.89. The summed E-state index contributed by atoms with van der Waals surface area (Å²) in [7, 11) is 0. The van der Waals surface area contributed by atoms with Gasteiger partial charge in [-0.25, -0.2) is 0 Å². The van der Waals surface area contributed by atoms with Gasteiger partial charge in [-0.2, -0.15) is 0 Å². The Morgan fingerprint density at radius 2 is 0.925 bits per heavy atom. The predicted molar refractivity (Wildman–Crippen MR) is 220 cm³/mol. The van der Waals surface area contributed by atoms with E-state index in [1.807, 2.05) is 47.9 Å². The zero-order valence-electron chi connectivity index (χ0n) is 28.0. The van der Waals surface area contributed by atoms with Crippen molar-refractivity contribution in [1.29, 1.82) is 0 Å². The summed E-state index contributed by atoms with van der Waals surface area (Å²) in [4.78, 5) is 5.03. The van der Waals surface area contributed by atoms with E-state index in [0.717, 1.165) is 71.8 Å². The van der Waals surface area contributed by atoms with E-state index in [-0.39, 0.29) is 0 Å². The molecule has 0 N–H and O–H groups in total. The van der Waals surface area contributed by atoms with Gasteiger partial charge in [0, 0.05) is 75.4 Å². The summed E-state index contributed by atoms with van der Waals surface area (Å²) in [6.45, 7) is 0. The average molecular weight is 696 g/mol. The molecule has 5 nitrogen and oxygen atoms in total. The van der Waals surface area contributed by atoms with Crippen LogP contribution in [0.15, 0.2) is 161 Å². The van der Waals surface area contributed by atoms with E-state index in [1.54, 1.807) is 0 Å².